The largest absolute Gasteiger partial charge is 0.378 e. The molecule has 0 unspecified atom stereocenters. The van der Waals surface area contributed by atoms with E-state index in [1.165, 1.54) is 32.1 Å². The Kier molecular flexibility index (Phi) is 6.20. The molecule has 0 amide bonds. The summed E-state index contributed by atoms with van der Waals surface area (Å²) in [6.45, 7) is 6.39. The van der Waals surface area contributed by atoms with Crippen LogP contribution in [0.5, 0.6) is 0 Å². The summed E-state index contributed by atoms with van der Waals surface area (Å²) in [4.78, 5) is 0. The summed E-state index contributed by atoms with van der Waals surface area (Å²) in [7, 11) is 0. The predicted octanol–water partition coefficient (Wildman–Crippen LogP) is 2.72. The molecule has 0 bridgehead atoms. The van der Waals surface area contributed by atoms with E-state index >= 15 is 0 Å². The molecule has 0 radical (unpaired) electrons. The van der Waals surface area contributed by atoms with E-state index in [4.69, 9.17) is 4.74 Å². The van der Waals surface area contributed by atoms with Crippen molar-refractivity contribution >= 4 is 0 Å². The fourth-order valence-corrected chi connectivity index (χ4v) is 1.94. The summed E-state index contributed by atoms with van der Waals surface area (Å²) in [6.07, 6.45) is 8.45. The van der Waals surface area contributed by atoms with Gasteiger partial charge in [0.2, 0.25) is 0 Å². The third-order valence-corrected chi connectivity index (χ3v) is 2.78. The number of nitrogens with one attached hydrogen (secondary N) is 1. The van der Waals surface area contributed by atoms with Gasteiger partial charge in [-0.05, 0) is 25.8 Å². The van der Waals surface area contributed by atoms with Crippen molar-refractivity contribution in [3.63, 3.8) is 0 Å². The summed E-state index contributed by atoms with van der Waals surface area (Å²) in [5.74, 6) is 0. The minimum atomic E-state index is 0.572. The van der Waals surface area contributed by atoms with E-state index < -0.39 is 0 Å². The molecule has 1 fully saturated rings. The van der Waals surface area contributed by atoms with Crippen LogP contribution in [0.3, 0.4) is 0 Å². The molecule has 2 heteroatoms. The Morgan fingerprint density at radius 2 is 1.93 bits per heavy atom. The fourth-order valence-electron chi connectivity index (χ4n) is 1.94. The van der Waals surface area contributed by atoms with Crippen LogP contribution >= 0.6 is 0 Å². The number of rotatable bonds is 6. The number of ether oxygens (including phenoxy) is 1. The van der Waals surface area contributed by atoms with Crippen molar-refractivity contribution in [2.75, 3.05) is 13.2 Å². The molecule has 0 spiro atoms. The van der Waals surface area contributed by atoms with Gasteiger partial charge in [-0.25, -0.2) is 0 Å². The van der Waals surface area contributed by atoms with Crippen LogP contribution < -0.4 is 5.32 Å². The van der Waals surface area contributed by atoms with Gasteiger partial charge >= 0.3 is 0 Å². The van der Waals surface area contributed by atoms with E-state index in [0.29, 0.717) is 12.1 Å². The van der Waals surface area contributed by atoms with Crippen molar-refractivity contribution in [2.24, 2.45) is 0 Å². The molecule has 1 N–H and O–H groups in total. The van der Waals surface area contributed by atoms with Gasteiger partial charge in [0.05, 0.1) is 6.10 Å². The van der Waals surface area contributed by atoms with Gasteiger partial charge in [-0.15, -0.1) is 0 Å². The quantitative estimate of drug-likeness (QED) is 0.664. The van der Waals surface area contributed by atoms with Gasteiger partial charge < -0.3 is 10.1 Å². The van der Waals surface area contributed by atoms with Crippen molar-refractivity contribution in [3.8, 4) is 0 Å². The fraction of sp³-hybridized carbons (Fsp3) is 1.00. The summed E-state index contributed by atoms with van der Waals surface area (Å²) in [6, 6.07) is 0.602. The standard InChI is InChI=1S/C12H25NO/c1-11(2)13-9-6-10-14-12-7-4-3-5-8-12/h11-13H,3-10H2,1-2H3. The van der Waals surface area contributed by atoms with Gasteiger partial charge in [0.25, 0.3) is 0 Å². The second kappa shape index (κ2) is 7.24. The number of hydrogen-bond acceptors (Lipinski definition) is 2. The summed E-state index contributed by atoms with van der Waals surface area (Å²) < 4.78 is 5.82. The summed E-state index contributed by atoms with van der Waals surface area (Å²) in [5, 5.41) is 3.40. The SMILES string of the molecule is CC(C)NCCCOC1CCCCC1. The van der Waals surface area contributed by atoms with Crippen molar-refractivity contribution in [3.05, 3.63) is 0 Å². The first-order valence-corrected chi connectivity index (χ1v) is 6.14. The van der Waals surface area contributed by atoms with Crippen molar-refractivity contribution in [1.29, 1.82) is 0 Å². The van der Waals surface area contributed by atoms with Crippen molar-refractivity contribution in [1.82, 2.24) is 5.32 Å². The molecule has 1 aliphatic carbocycles. The van der Waals surface area contributed by atoms with Crippen molar-refractivity contribution in [2.45, 2.75) is 64.5 Å². The first-order valence-electron chi connectivity index (χ1n) is 6.14. The third kappa shape index (κ3) is 5.61. The lowest BCUT2D eigenvalue weighted by molar-refractivity contribution is 0.0272. The molecule has 1 saturated carbocycles. The monoisotopic (exact) mass is 199 g/mol. The maximum atomic E-state index is 5.82. The lowest BCUT2D eigenvalue weighted by Gasteiger charge is -2.22. The minimum Gasteiger partial charge on any atom is -0.378 e. The van der Waals surface area contributed by atoms with Crippen LogP contribution in [0.4, 0.5) is 0 Å². The van der Waals surface area contributed by atoms with Crippen LogP contribution in [0.25, 0.3) is 0 Å². The topological polar surface area (TPSA) is 21.3 Å². The van der Waals surface area contributed by atoms with Crippen LogP contribution in [0.2, 0.25) is 0 Å². The van der Waals surface area contributed by atoms with E-state index in [1.807, 2.05) is 0 Å². The molecule has 0 saturated heterocycles. The first kappa shape index (κ1) is 12.0. The Balaban J connectivity index is 1.87. The first-order chi connectivity index (χ1) is 6.79. The average Bonchev–Trinajstić information content (AvgIpc) is 2.18. The molecule has 0 heterocycles. The molecule has 0 atom stereocenters. The highest BCUT2D eigenvalue weighted by atomic mass is 16.5. The second-order valence-electron chi connectivity index (χ2n) is 4.59. The second-order valence-corrected chi connectivity index (χ2v) is 4.59. The van der Waals surface area contributed by atoms with Crippen LogP contribution in [0, 0.1) is 0 Å². The molecule has 0 aliphatic heterocycles. The van der Waals surface area contributed by atoms with Gasteiger partial charge in [-0.1, -0.05) is 33.1 Å². The lowest BCUT2D eigenvalue weighted by atomic mass is 9.98. The Morgan fingerprint density at radius 1 is 1.21 bits per heavy atom. The molecule has 0 aromatic carbocycles. The van der Waals surface area contributed by atoms with Gasteiger partial charge in [0.1, 0.15) is 0 Å². The molecule has 1 rings (SSSR count). The molecule has 84 valence electrons. The smallest absolute Gasteiger partial charge is 0.0575 e. The van der Waals surface area contributed by atoms with E-state index in [0.717, 1.165) is 19.6 Å². The summed E-state index contributed by atoms with van der Waals surface area (Å²) in [5.41, 5.74) is 0. The zero-order valence-corrected chi connectivity index (χ0v) is 9.72. The normalized spacial score (nSPS) is 19.1. The Labute approximate surface area is 88.4 Å². The van der Waals surface area contributed by atoms with Gasteiger partial charge in [-0.3, -0.25) is 0 Å². The Bertz CT molecular complexity index is 130. The molecule has 0 aromatic heterocycles. The van der Waals surface area contributed by atoms with E-state index in [-0.39, 0.29) is 0 Å². The van der Waals surface area contributed by atoms with Gasteiger partial charge in [0, 0.05) is 12.6 Å². The highest BCUT2D eigenvalue weighted by Gasteiger charge is 2.12. The summed E-state index contributed by atoms with van der Waals surface area (Å²) >= 11 is 0. The lowest BCUT2D eigenvalue weighted by Crippen LogP contribution is -2.25. The molecular formula is C12H25NO. The molecule has 14 heavy (non-hydrogen) atoms. The highest BCUT2D eigenvalue weighted by molar-refractivity contribution is 4.65. The van der Waals surface area contributed by atoms with E-state index in [9.17, 15) is 0 Å². The Hall–Kier alpha value is -0.0800. The maximum Gasteiger partial charge on any atom is 0.0575 e. The zero-order chi connectivity index (χ0) is 10.2. The van der Waals surface area contributed by atoms with Gasteiger partial charge in [0.15, 0.2) is 0 Å². The van der Waals surface area contributed by atoms with Crippen LogP contribution in [0.15, 0.2) is 0 Å². The van der Waals surface area contributed by atoms with Crippen LogP contribution in [-0.2, 0) is 4.74 Å². The maximum absolute atomic E-state index is 5.82. The Morgan fingerprint density at radius 3 is 2.57 bits per heavy atom. The molecule has 1 aliphatic rings. The molecule has 0 aromatic rings. The van der Waals surface area contributed by atoms with Crippen LogP contribution in [0.1, 0.15) is 52.4 Å². The zero-order valence-electron chi connectivity index (χ0n) is 9.72. The molecular weight excluding hydrogens is 174 g/mol. The van der Waals surface area contributed by atoms with Gasteiger partial charge in [-0.2, -0.15) is 0 Å². The van der Waals surface area contributed by atoms with Crippen LogP contribution in [-0.4, -0.2) is 25.3 Å². The average molecular weight is 199 g/mol. The van der Waals surface area contributed by atoms with E-state index in [2.05, 4.69) is 19.2 Å². The third-order valence-electron chi connectivity index (χ3n) is 2.78. The predicted molar refractivity (Wildman–Crippen MR) is 60.6 cm³/mol. The molecule has 2 nitrogen and oxygen atoms in total. The highest BCUT2D eigenvalue weighted by Crippen LogP contribution is 2.20. The minimum absolute atomic E-state index is 0.572. The van der Waals surface area contributed by atoms with Crippen molar-refractivity contribution < 1.29 is 4.74 Å². The number of hydrogen-bond donors (Lipinski definition) is 1. The van der Waals surface area contributed by atoms with E-state index in [1.54, 1.807) is 0 Å².